The molecule has 0 N–H and O–H groups in total. The third kappa shape index (κ3) is 172. The van der Waals surface area contributed by atoms with E-state index in [1.807, 2.05) is 0 Å². The summed E-state index contributed by atoms with van der Waals surface area (Å²) in [6, 6.07) is 0. The zero-order valence-electron chi connectivity index (χ0n) is 5.05. The van der Waals surface area contributed by atoms with Crippen LogP contribution in [0.1, 0.15) is 0 Å². The first-order chi connectivity index (χ1) is 3.46. The van der Waals surface area contributed by atoms with Gasteiger partial charge in [-0.3, -0.25) is 14.6 Å². The number of rotatable bonds is 0. The predicted molar refractivity (Wildman–Crippen MR) is 11.5 cm³/mol. The molecule has 0 aromatic carbocycles. The molecule has 0 aromatic rings. The van der Waals surface area contributed by atoms with Crippen LogP contribution in [-0.2, 0) is 22.4 Å². The molecule has 0 aromatic heterocycles. The maximum Gasteiger partial charge on any atom is 5.00 e. The molecule has 0 aliphatic heterocycles. The van der Waals surface area contributed by atoms with Gasteiger partial charge in [-0.15, -0.1) is 0 Å². The Kier molecular flexibility index (Phi) is 39.6. The zero-order chi connectivity index (χ0) is 7.15. The predicted octanol–water partition coefficient (Wildman–Crippen LogP) is -10.9. The summed E-state index contributed by atoms with van der Waals surface area (Å²) < 4.78 is 0. The Bertz CT molecular complexity index is 31.2. The van der Waals surface area contributed by atoms with Gasteiger partial charge >= 0.3 is 73.8 Å². The van der Waals surface area contributed by atoms with Gasteiger partial charge in [-0.2, -0.15) is 0 Å². The number of hydrogen-bond donors (Lipinski definition) is 0. The molecule has 10 heteroatoms. The Hall–Kier alpha value is 2.27. The standard InChI is InChI=1S/2BO3.K.Ta/c2*2-1(3)4;;/q2*-3;+1;+5. The fourth-order valence-corrected chi connectivity index (χ4v) is 0. The molecule has 0 fully saturated rings. The average Bonchev–Trinajstić information content (AvgIpc) is 1.25. The van der Waals surface area contributed by atoms with Crippen LogP contribution in [0.4, 0.5) is 0 Å². The van der Waals surface area contributed by atoms with Gasteiger partial charge in [-0.1, -0.05) is 0 Å². The van der Waals surface area contributed by atoms with E-state index in [4.69, 9.17) is 30.1 Å². The van der Waals surface area contributed by atoms with E-state index in [2.05, 4.69) is 0 Å². The van der Waals surface area contributed by atoms with Crippen LogP contribution in [0, 0.1) is 0 Å². The van der Waals surface area contributed by atoms with E-state index >= 15 is 0 Å². The van der Waals surface area contributed by atoms with E-state index in [1.54, 1.807) is 0 Å². The summed E-state index contributed by atoms with van der Waals surface area (Å²) in [4.78, 5) is 0. The van der Waals surface area contributed by atoms with Crippen molar-refractivity contribution < 1.29 is 104 Å². The van der Waals surface area contributed by atoms with Crippen LogP contribution in [0.5, 0.6) is 0 Å². The first kappa shape index (κ1) is 22.8. The largest absolute Gasteiger partial charge is 5.00 e. The van der Waals surface area contributed by atoms with Crippen molar-refractivity contribution in [2.24, 2.45) is 0 Å². The van der Waals surface area contributed by atoms with Crippen LogP contribution in [0.2, 0.25) is 0 Å². The smallest absolute Gasteiger partial charge is 0.907 e. The Labute approximate surface area is 117 Å². The molecule has 6 nitrogen and oxygen atoms in total. The first-order valence-corrected chi connectivity index (χ1v) is 1.41. The van der Waals surface area contributed by atoms with Gasteiger partial charge in [0.1, 0.15) is 0 Å². The molecule has 0 atom stereocenters. The summed E-state index contributed by atoms with van der Waals surface area (Å²) in [6.45, 7) is 0. The summed E-state index contributed by atoms with van der Waals surface area (Å²) in [7, 11) is -5.83. The van der Waals surface area contributed by atoms with Crippen LogP contribution in [0.3, 0.4) is 0 Å². The van der Waals surface area contributed by atoms with Crippen LogP contribution < -0.4 is 81.5 Å². The van der Waals surface area contributed by atoms with Gasteiger partial charge in [0.25, 0.3) is 0 Å². The molecule has 0 saturated heterocycles. The molecular formula is B2KO6Ta. The van der Waals surface area contributed by atoms with Crippen molar-refractivity contribution in [1.29, 1.82) is 0 Å². The second-order valence-electron chi connectivity index (χ2n) is 0.577. The Morgan fingerprint density at radius 3 is 0.600 bits per heavy atom. The second kappa shape index (κ2) is 17.4. The summed E-state index contributed by atoms with van der Waals surface area (Å²) in [5, 5.41) is 50.5. The average molecular weight is 338 g/mol. The molecule has 0 saturated carbocycles. The Morgan fingerprint density at radius 1 is 0.600 bits per heavy atom. The molecule has 0 radical (unpaired) electrons. The maximum atomic E-state index is 8.42. The van der Waals surface area contributed by atoms with Gasteiger partial charge in [0.05, 0.1) is 0 Å². The molecular weight excluding hydrogens is 338 g/mol. The van der Waals surface area contributed by atoms with Crippen molar-refractivity contribution in [3.63, 3.8) is 0 Å². The van der Waals surface area contributed by atoms with E-state index < -0.39 is 14.6 Å². The quantitative estimate of drug-likeness (QED) is 0.402. The van der Waals surface area contributed by atoms with Gasteiger partial charge in [0, 0.05) is 0 Å². The molecule has 0 aliphatic rings. The summed E-state index contributed by atoms with van der Waals surface area (Å²) in [6.07, 6.45) is 0. The first-order valence-electron chi connectivity index (χ1n) is 1.41. The molecule has 0 heterocycles. The van der Waals surface area contributed by atoms with E-state index in [1.165, 1.54) is 0 Å². The van der Waals surface area contributed by atoms with Crippen molar-refractivity contribution in [3.05, 3.63) is 0 Å². The fraction of sp³-hybridized carbons (Fsp3) is 0. The molecule has 0 bridgehead atoms. The van der Waals surface area contributed by atoms with Gasteiger partial charge < -0.3 is 30.1 Å². The van der Waals surface area contributed by atoms with Gasteiger partial charge in [0.2, 0.25) is 0 Å². The van der Waals surface area contributed by atoms with Gasteiger partial charge in [-0.05, 0) is 0 Å². The minimum absolute atomic E-state index is 0. The van der Waals surface area contributed by atoms with Crippen LogP contribution in [0.15, 0.2) is 0 Å². The summed E-state index contributed by atoms with van der Waals surface area (Å²) >= 11 is 0. The van der Waals surface area contributed by atoms with E-state index in [0.29, 0.717) is 0 Å². The molecule has 10 heavy (non-hydrogen) atoms. The van der Waals surface area contributed by atoms with E-state index in [0.717, 1.165) is 0 Å². The molecule has 0 aliphatic carbocycles. The Morgan fingerprint density at radius 2 is 0.600 bits per heavy atom. The van der Waals surface area contributed by atoms with Crippen LogP contribution in [0.25, 0.3) is 0 Å². The molecule has 0 amide bonds. The monoisotopic (exact) mass is 338 g/mol. The van der Waals surface area contributed by atoms with Crippen molar-refractivity contribution in [1.82, 2.24) is 0 Å². The van der Waals surface area contributed by atoms with Crippen molar-refractivity contribution in [3.8, 4) is 0 Å². The third-order valence-corrected chi connectivity index (χ3v) is 0. The minimum Gasteiger partial charge on any atom is -0.907 e. The molecule has 0 rings (SSSR count). The normalized spacial score (nSPS) is 5.40. The molecule has 0 spiro atoms. The molecule has 0 unspecified atom stereocenters. The third-order valence-electron chi connectivity index (χ3n) is 0. The topological polar surface area (TPSA) is 138 Å². The minimum atomic E-state index is -2.92. The van der Waals surface area contributed by atoms with Crippen molar-refractivity contribution in [2.75, 3.05) is 0 Å². The summed E-state index contributed by atoms with van der Waals surface area (Å²) in [5.74, 6) is 0. The second-order valence-corrected chi connectivity index (χ2v) is 0.577. The molecule has 48 valence electrons. The van der Waals surface area contributed by atoms with E-state index in [-0.39, 0.29) is 73.8 Å². The van der Waals surface area contributed by atoms with Gasteiger partial charge in [0.15, 0.2) is 0 Å². The maximum absolute atomic E-state index is 8.42. The summed E-state index contributed by atoms with van der Waals surface area (Å²) in [5.41, 5.74) is 0. The van der Waals surface area contributed by atoms with Crippen LogP contribution >= 0.6 is 0 Å². The zero-order valence-corrected chi connectivity index (χ0v) is 11.4. The Balaban J connectivity index is -0.0000000300. The van der Waals surface area contributed by atoms with Crippen LogP contribution in [-0.4, -0.2) is 14.6 Å². The van der Waals surface area contributed by atoms with E-state index in [9.17, 15) is 0 Å². The van der Waals surface area contributed by atoms with Gasteiger partial charge in [-0.25, -0.2) is 0 Å². The van der Waals surface area contributed by atoms with Crippen molar-refractivity contribution in [2.45, 2.75) is 0 Å². The SMILES string of the molecule is [K+].[O-]B([O-])[O-].[O-]B([O-])[O-].[Ta+5]. The van der Waals surface area contributed by atoms with Crippen molar-refractivity contribution >= 4 is 14.6 Å². The fourth-order valence-electron chi connectivity index (χ4n) is 0. The number of hydrogen-bond acceptors (Lipinski definition) is 6.